The Labute approximate surface area is 160 Å². The minimum absolute atomic E-state index is 0.0253. The van der Waals surface area contributed by atoms with Gasteiger partial charge in [-0.05, 0) is 49.9 Å². The van der Waals surface area contributed by atoms with Crippen LogP contribution in [-0.4, -0.2) is 35.9 Å². The van der Waals surface area contributed by atoms with Gasteiger partial charge in [-0.3, -0.25) is 9.59 Å². The molecular formula is C22H26N2O3. The number of ether oxygens (including phenoxy) is 1. The van der Waals surface area contributed by atoms with Gasteiger partial charge < -0.3 is 15.0 Å². The second-order valence-corrected chi connectivity index (χ2v) is 6.72. The maximum atomic E-state index is 12.9. The van der Waals surface area contributed by atoms with Gasteiger partial charge in [0.1, 0.15) is 5.75 Å². The molecular weight excluding hydrogens is 340 g/mol. The molecule has 1 fully saturated rings. The summed E-state index contributed by atoms with van der Waals surface area (Å²) in [6.07, 6.45) is 3.14. The lowest BCUT2D eigenvalue weighted by atomic mass is 10.1. The second-order valence-electron chi connectivity index (χ2n) is 6.72. The minimum atomic E-state index is -0.620. The first-order valence-electron chi connectivity index (χ1n) is 9.60. The first-order valence-corrected chi connectivity index (χ1v) is 9.60. The van der Waals surface area contributed by atoms with Crippen molar-refractivity contribution in [1.29, 1.82) is 0 Å². The number of piperidine rings is 1. The molecule has 0 saturated carbocycles. The Balaban J connectivity index is 1.72. The van der Waals surface area contributed by atoms with Crippen LogP contribution in [0.5, 0.6) is 5.75 Å². The summed E-state index contributed by atoms with van der Waals surface area (Å²) >= 11 is 0. The molecule has 5 heteroatoms. The molecule has 27 heavy (non-hydrogen) atoms. The predicted octanol–water partition coefficient (Wildman–Crippen LogP) is 4.11. The lowest BCUT2D eigenvalue weighted by Crippen LogP contribution is -2.37. The lowest BCUT2D eigenvalue weighted by molar-refractivity contribution is -0.122. The molecule has 1 saturated heterocycles. The molecule has 1 N–H and O–H groups in total. The molecule has 0 unspecified atom stereocenters. The normalized spacial score (nSPS) is 15.1. The summed E-state index contributed by atoms with van der Waals surface area (Å²) < 4.78 is 5.81. The van der Waals surface area contributed by atoms with E-state index in [0.29, 0.717) is 23.4 Å². The summed E-state index contributed by atoms with van der Waals surface area (Å²) in [5.74, 6) is 0.375. The van der Waals surface area contributed by atoms with Crippen LogP contribution < -0.4 is 10.1 Å². The molecule has 1 aliphatic heterocycles. The van der Waals surface area contributed by atoms with Crippen molar-refractivity contribution in [2.45, 2.75) is 38.7 Å². The smallest absolute Gasteiger partial charge is 0.265 e. The van der Waals surface area contributed by atoms with E-state index in [9.17, 15) is 9.59 Å². The number of carbonyl (C=O) groups excluding carboxylic acids is 2. The molecule has 3 rings (SSSR count). The molecule has 0 bridgehead atoms. The van der Waals surface area contributed by atoms with Gasteiger partial charge in [-0.15, -0.1) is 0 Å². The zero-order valence-electron chi connectivity index (χ0n) is 15.7. The van der Waals surface area contributed by atoms with E-state index in [1.165, 1.54) is 0 Å². The summed E-state index contributed by atoms with van der Waals surface area (Å²) in [7, 11) is 0. The standard InChI is InChI=1S/C22H26N2O3/c1-2-20(27-17-11-5-3-6-12-17)21(25)23-19-14-8-7-13-18(19)22(26)24-15-9-4-10-16-24/h3,5-8,11-14,20H,2,4,9-10,15-16H2,1H3,(H,23,25)/t20-/m1/s1. The van der Waals surface area contributed by atoms with Crippen LogP contribution in [-0.2, 0) is 4.79 Å². The highest BCUT2D eigenvalue weighted by Crippen LogP contribution is 2.21. The van der Waals surface area contributed by atoms with Crippen LogP contribution in [0.2, 0.25) is 0 Å². The molecule has 0 aliphatic carbocycles. The van der Waals surface area contributed by atoms with Crippen LogP contribution >= 0.6 is 0 Å². The third-order valence-corrected chi connectivity index (χ3v) is 4.74. The summed E-state index contributed by atoms with van der Waals surface area (Å²) in [4.78, 5) is 27.5. The summed E-state index contributed by atoms with van der Waals surface area (Å²) in [6.45, 7) is 3.45. The summed E-state index contributed by atoms with van der Waals surface area (Å²) in [5, 5.41) is 2.89. The van der Waals surface area contributed by atoms with Gasteiger partial charge in [0.25, 0.3) is 11.8 Å². The molecule has 1 atom stereocenters. The maximum absolute atomic E-state index is 12.9. The highest BCUT2D eigenvalue weighted by atomic mass is 16.5. The van der Waals surface area contributed by atoms with Gasteiger partial charge >= 0.3 is 0 Å². The first kappa shape index (κ1) is 19.0. The highest BCUT2D eigenvalue weighted by Gasteiger charge is 2.24. The Morgan fingerprint density at radius 3 is 2.37 bits per heavy atom. The fraction of sp³-hybridized carbons (Fsp3) is 0.364. The number of para-hydroxylation sites is 2. The van der Waals surface area contributed by atoms with E-state index in [2.05, 4.69) is 5.32 Å². The number of anilines is 1. The van der Waals surface area contributed by atoms with Gasteiger partial charge in [0, 0.05) is 13.1 Å². The molecule has 2 amide bonds. The van der Waals surface area contributed by atoms with Crippen LogP contribution in [0.1, 0.15) is 43.0 Å². The van der Waals surface area contributed by atoms with Gasteiger partial charge in [0.2, 0.25) is 0 Å². The van der Waals surface area contributed by atoms with E-state index >= 15 is 0 Å². The molecule has 5 nitrogen and oxygen atoms in total. The zero-order chi connectivity index (χ0) is 19.1. The summed E-state index contributed by atoms with van der Waals surface area (Å²) in [6, 6.07) is 16.5. The first-order chi connectivity index (χ1) is 13.2. The van der Waals surface area contributed by atoms with E-state index < -0.39 is 6.10 Å². The predicted molar refractivity (Wildman–Crippen MR) is 106 cm³/mol. The third kappa shape index (κ3) is 4.88. The lowest BCUT2D eigenvalue weighted by Gasteiger charge is -2.27. The van der Waals surface area contributed by atoms with Gasteiger partial charge in [0.05, 0.1) is 11.3 Å². The van der Waals surface area contributed by atoms with Crippen molar-refractivity contribution in [3.05, 3.63) is 60.2 Å². The molecule has 2 aromatic rings. The van der Waals surface area contributed by atoms with Crippen molar-refractivity contribution in [2.75, 3.05) is 18.4 Å². The van der Waals surface area contributed by atoms with Crippen LogP contribution in [0.25, 0.3) is 0 Å². The van der Waals surface area contributed by atoms with Crippen LogP contribution in [0.15, 0.2) is 54.6 Å². The number of hydrogen-bond donors (Lipinski definition) is 1. The Morgan fingerprint density at radius 2 is 1.67 bits per heavy atom. The second kappa shape index (κ2) is 9.21. The highest BCUT2D eigenvalue weighted by molar-refractivity contribution is 6.04. The number of likely N-dealkylation sites (tertiary alicyclic amines) is 1. The number of benzene rings is 2. The quantitative estimate of drug-likeness (QED) is 0.837. The molecule has 1 aliphatic rings. The van der Waals surface area contributed by atoms with Crippen molar-refractivity contribution in [2.24, 2.45) is 0 Å². The van der Waals surface area contributed by atoms with Crippen LogP contribution in [0.3, 0.4) is 0 Å². The Hall–Kier alpha value is -2.82. The molecule has 142 valence electrons. The molecule has 0 spiro atoms. The van der Waals surface area contributed by atoms with Crippen LogP contribution in [0.4, 0.5) is 5.69 Å². The monoisotopic (exact) mass is 366 g/mol. The van der Waals surface area contributed by atoms with Gasteiger partial charge in [-0.25, -0.2) is 0 Å². The topological polar surface area (TPSA) is 58.6 Å². The maximum Gasteiger partial charge on any atom is 0.265 e. The number of nitrogens with zero attached hydrogens (tertiary/aromatic N) is 1. The Bertz CT molecular complexity index is 770. The average Bonchev–Trinajstić information content (AvgIpc) is 2.73. The van der Waals surface area contributed by atoms with Crippen molar-refractivity contribution in [1.82, 2.24) is 4.90 Å². The van der Waals surface area contributed by atoms with Crippen LogP contribution in [0, 0.1) is 0 Å². The SMILES string of the molecule is CC[C@@H](Oc1ccccc1)C(=O)Nc1ccccc1C(=O)N1CCCCC1. The zero-order valence-corrected chi connectivity index (χ0v) is 15.7. The van der Waals surface area contributed by atoms with E-state index in [1.807, 2.05) is 54.3 Å². The van der Waals surface area contributed by atoms with Crippen molar-refractivity contribution in [3.8, 4) is 5.75 Å². The molecule has 1 heterocycles. The van der Waals surface area contributed by atoms with Crippen molar-refractivity contribution < 1.29 is 14.3 Å². The van der Waals surface area contributed by atoms with E-state index in [0.717, 1.165) is 32.4 Å². The fourth-order valence-corrected chi connectivity index (χ4v) is 3.24. The average molecular weight is 366 g/mol. The number of nitrogens with one attached hydrogen (secondary N) is 1. The molecule has 0 aromatic heterocycles. The van der Waals surface area contributed by atoms with Gasteiger partial charge in [0.15, 0.2) is 6.10 Å². The van der Waals surface area contributed by atoms with E-state index in [4.69, 9.17) is 4.74 Å². The Kier molecular flexibility index (Phi) is 6.47. The minimum Gasteiger partial charge on any atom is -0.481 e. The third-order valence-electron chi connectivity index (χ3n) is 4.74. The van der Waals surface area contributed by atoms with E-state index in [1.54, 1.807) is 12.1 Å². The number of rotatable bonds is 6. The number of amides is 2. The van der Waals surface area contributed by atoms with Crippen molar-refractivity contribution in [3.63, 3.8) is 0 Å². The fourth-order valence-electron chi connectivity index (χ4n) is 3.24. The Morgan fingerprint density at radius 1 is 1.00 bits per heavy atom. The molecule has 2 aromatic carbocycles. The number of hydrogen-bond acceptors (Lipinski definition) is 3. The number of carbonyl (C=O) groups is 2. The molecule has 0 radical (unpaired) electrons. The largest absolute Gasteiger partial charge is 0.481 e. The van der Waals surface area contributed by atoms with Gasteiger partial charge in [-0.1, -0.05) is 37.3 Å². The van der Waals surface area contributed by atoms with Gasteiger partial charge in [-0.2, -0.15) is 0 Å². The van der Waals surface area contributed by atoms with Crippen molar-refractivity contribution >= 4 is 17.5 Å². The summed E-state index contributed by atoms with van der Waals surface area (Å²) in [5.41, 5.74) is 1.07. The van der Waals surface area contributed by atoms with E-state index in [-0.39, 0.29) is 11.8 Å².